The Bertz CT molecular complexity index is 749. The first kappa shape index (κ1) is 17.9. The van der Waals surface area contributed by atoms with Crippen molar-refractivity contribution >= 4 is 22.4 Å². The third-order valence-electron chi connectivity index (χ3n) is 3.88. The summed E-state index contributed by atoms with van der Waals surface area (Å²) in [6, 6.07) is 8.57. The molecule has 2 aromatic rings. The average Bonchev–Trinajstić information content (AvgIpc) is 3.04. The molecule has 126 valence electrons. The largest absolute Gasteiger partial charge is 0.356 e. The Balaban J connectivity index is 0.00000192. The summed E-state index contributed by atoms with van der Waals surface area (Å²) >= 11 is 0. The third kappa shape index (κ3) is 3.42. The standard InChI is InChI=1S/C15H19N3O3S.ClH/c1-11-10-18(12(2)9-16-11)22(19,20)15-6-4-3-5-13(15)14-7-8-17-21-14;/h3-8,11-12,16H,9-10H2,1-2H3;1H. The summed E-state index contributed by atoms with van der Waals surface area (Å²) in [5.41, 5.74) is 0.540. The normalized spacial score (nSPS) is 22.5. The van der Waals surface area contributed by atoms with Crippen molar-refractivity contribution in [2.45, 2.75) is 30.8 Å². The van der Waals surface area contributed by atoms with Crippen LogP contribution >= 0.6 is 12.4 Å². The zero-order valence-electron chi connectivity index (χ0n) is 13.0. The van der Waals surface area contributed by atoms with Crippen molar-refractivity contribution in [2.75, 3.05) is 13.1 Å². The highest BCUT2D eigenvalue weighted by Crippen LogP contribution is 2.30. The van der Waals surface area contributed by atoms with E-state index in [1.807, 2.05) is 13.8 Å². The summed E-state index contributed by atoms with van der Waals surface area (Å²) in [6.45, 7) is 4.99. The summed E-state index contributed by atoms with van der Waals surface area (Å²) in [7, 11) is -3.60. The van der Waals surface area contributed by atoms with Crippen LogP contribution in [-0.4, -0.2) is 43.1 Å². The summed E-state index contributed by atoms with van der Waals surface area (Å²) in [5.74, 6) is 0.454. The second-order valence-electron chi connectivity index (χ2n) is 5.61. The molecule has 1 aliphatic heterocycles. The predicted molar refractivity (Wildman–Crippen MR) is 90.0 cm³/mol. The smallest absolute Gasteiger partial charge is 0.244 e. The molecule has 0 aliphatic carbocycles. The maximum atomic E-state index is 13.1. The Morgan fingerprint density at radius 1 is 1.26 bits per heavy atom. The number of piperazine rings is 1. The maximum absolute atomic E-state index is 13.1. The van der Waals surface area contributed by atoms with Gasteiger partial charge in [-0.05, 0) is 26.0 Å². The maximum Gasteiger partial charge on any atom is 0.244 e. The van der Waals surface area contributed by atoms with Crippen LogP contribution in [0, 0.1) is 0 Å². The van der Waals surface area contributed by atoms with Gasteiger partial charge in [-0.2, -0.15) is 4.31 Å². The molecule has 0 amide bonds. The molecule has 1 N–H and O–H groups in total. The minimum absolute atomic E-state index is 0. The molecule has 2 heterocycles. The fourth-order valence-corrected chi connectivity index (χ4v) is 4.62. The van der Waals surface area contributed by atoms with Crippen LogP contribution in [-0.2, 0) is 10.0 Å². The third-order valence-corrected chi connectivity index (χ3v) is 5.92. The van der Waals surface area contributed by atoms with E-state index in [-0.39, 0.29) is 29.4 Å². The molecule has 0 bridgehead atoms. The minimum atomic E-state index is -3.60. The molecule has 1 fully saturated rings. The first-order valence-corrected chi connectivity index (χ1v) is 8.69. The highest BCUT2D eigenvalue weighted by atomic mass is 35.5. The zero-order valence-corrected chi connectivity index (χ0v) is 14.6. The van der Waals surface area contributed by atoms with Gasteiger partial charge in [-0.25, -0.2) is 8.42 Å². The SMILES string of the molecule is CC1CN(S(=O)(=O)c2ccccc2-c2ccno2)C(C)CN1.Cl. The quantitative estimate of drug-likeness (QED) is 0.910. The molecular formula is C15H20ClN3O3S. The van der Waals surface area contributed by atoms with Gasteiger partial charge in [0, 0.05) is 36.8 Å². The second kappa shape index (κ2) is 7.00. The predicted octanol–water partition coefficient (Wildman–Crippen LogP) is 2.13. The molecule has 0 radical (unpaired) electrons. The molecule has 1 aromatic carbocycles. The van der Waals surface area contributed by atoms with Crippen molar-refractivity contribution in [3.63, 3.8) is 0 Å². The lowest BCUT2D eigenvalue weighted by Crippen LogP contribution is -2.56. The summed E-state index contributed by atoms with van der Waals surface area (Å²) in [5, 5.41) is 6.96. The van der Waals surface area contributed by atoms with Crippen LogP contribution in [0.15, 0.2) is 45.9 Å². The van der Waals surface area contributed by atoms with Crippen LogP contribution < -0.4 is 5.32 Å². The van der Waals surface area contributed by atoms with Crippen molar-refractivity contribution < 1.29 is 12.9 Å². The Morgan fingerprint density at radius 3 is 2.70 bits per heavy atom. The number of rotatable bonds is 3. The Hall–Kier alpha value is -1.41. The molecule has 1 saturated heterocycles. The van der Waals surface area contributed by atoms with Gasteiger partial charge in [0.25, 0.3) is 0 Å². The Kier molecular flexibility index (Phi) is 5.46. The van der Waals surface area contributed by atoms with Gasteiger partial charge >= 0.3 is 0 Å². The van der Waals surface area contributed by atoms with Crippen LogP contribution in [0.2, 0.25) is 0 Å². The minimum Gasteiger partial charge on any atom is -0.356 e. The van der Waals surface area contributed by atoms with Crippen LogP contribution in [0.3, 0.4) is 0 Å². The van der Waals surface area contributed by atoms with Crippen molar-refractivity contribution in [3.8, 4) is 11.3 Å². The highest BCUT2D eigenvalue weighted by Gasteiger charge is 2.35. The highest BCUT2D eigenvalue weighted by molar-refractivity contribution is 7.89. The van der Waals surface area contributed by atoms with E-state index in [4.69, 9.17) is 4.52 Å². The molecule has 2 atom stereocenters. The van der Waals surface area contributed by atoms with Gasteiger partial charge in [-0.3, -0.25) is 0 Å². The fraction of sp³-hybridized carbons (Fsp3) is 0.400. The number of aromatic nitrogens is 1. The molecule has 8 heteroatoms. The second-order valence-corrected chi connectivity index (χ2v) is 7.46. The van der Waals surface area contributed by atoms with E-state index < -0.39 is 10.0 Å². The van der Waals surface area contributed by atoms with Crippen LogP contribution in [0.1, 0.15) is 13.8 Å². The van der Waals surface area contributed by atoms with Crippen molar-refractivity contribution in [1.82, 2.24) is 14.8 Å². The lowest BCUT2D eigenvalue weighted by molar-refractivity contribution is 0.244. The number of hydrogen-bond acceptors (Lipinski definition) is 5. The van der Waals surface area contributed by atoms with E-state index >= 15 is 0 Å². The molecule has 6 nitrogen and oxygen atoms in total. The lowest BCUT2D eigenvalue weighted by atomic mass is 10.2. The van der Waals surface area contributed by atoms with Gasteiger partial charge in [0.1, 0.15) is 0 Å². The molecule has 3 rings (SSSR count). The summed E-state index contributed by atoms with van der Waals surface area (Å²) in [6.07, 6.45) is 1.51. The van der Waals surface area contributed by atoms with Gasteiger partial charge in [-0.1, -0.05) is 17.3 Å². The molecular weight excluding hydrogens is 338 g/mol. The molecule has 23 heavy (non-hydrogen) atoms. The molecule has 1 aliphatic rings. The molecule has 2 unspecified atom stereocenters. The lowest BCUT2D eigenvalue weighted by Gasteiger charge is -2.36. The number of nitrogens with zero attached hydrogens (tertiary/aromatic N) is 2. The van der Waals surface area contributed by atoms with Crippen molar-refractivity contribution in [1.29, 1.82) is 0 Å². The van der Waals surface area contributed by atoms with Crippen LogP contribution in [0.5, 0.6) is 0 Å². The Labute approximate surface area is 142 Å². The molecule has 0 spiro atoms. The van der Waals surface area contributed by atoms with Gasteiger partial charge in [0.15, 0.2) is 5.76 Å². The summed E-state index contributed by atoms with van der Waals surface area (Å²) in [4.78, 5) is 0.257. The van der Waals surface area contributed by atoms with E-state index in [1.165, 1.54) is 6.20 Å². The van der Waals surface area contributed by atoms with E-state index in [9.17, 15) is 8.42 Å². The zero-order chi connectivity index (χ0) is 15.7. The average molecular weight is 358 g/mol. The number of benzene rings is 1. The number of halogens is 1. The number of nitrogens with one attached hydrogen (secondary N) is 1. The fourth-order valence-electron chi connectivity index (χ4n) is 2.70. The number of sulfonamides is 1. The Morgan fingerprint density at radius 2 is 2.00 bits per heavy atom. The topological polar surface area (TPSA) is 75.4 Å². The van der Waals surface area contributed by atoms with Gasteiger partial charge in [0.2, 0.25) is 10.0 Å². The van der Waals surface area contributed by atoms with Gasteiger partial charge in [0.05, 0.1) is 11.1 Å². The van der Waals surface area contributed by atoms with E-state index in [0.29, 0.717) is 24.4 Å². The monoisotopic (exact) mass is 357 g/mol. The van der Waals surface area contributed by atoms with E-state index in [1.54, 1.807) is 34.6 Å². The number of hydrogen-bond donors (Lipinski definition) is 1. The molecule has 1 aromatic heterocycles. The first-order chi connectivity index (χ1) is 10.5. The van der Waals surface area contributed by atoms with Gasteiger partial charge < -0.3 is 9.84 Å². The first-order valence-electron chi connectivity index (χ1n) is 7.25. The van der Waals surface area contributed by atoms with Crippen LogP contribution in [0.4, 0.5) is 0 Å². The summed E-state index contributed by atoms with van der Waals surface area (Å²) < 4.78 is 32.9. The van der Waals surface area contributed by atoms with Crippen molar-refractivity contribution in [3.05, 3.63) is 36.5 Å². The van der Waals surface area contributed by atoms with Crippen molar-refractivity contribution in [2.24, 2.45) is 0 Å². The van der Waals surface area contributed by atoms with E-state index in [2.05, 4.69) is 10.5 Å². The molecule has 0 saturated carbocycles. The van der Waals surface area contributed by atoms with Gasteiger partial charge in [-0.15, -0.1) is 12.4 Å². The van der Waals surface area contributed by atoms with E-state index in [0.717, 1.165) is 0 Å². The van der Waals surface area contributed by atoms with Crippen LogP contribution in [0.25, 0.3) is 11.3 Å².